The third-order valence-corrected chi connectivity index (χ3v) is 5.10. The van der Waals surface area contributed by atoms with Crippen molar-refractivity contribution < 1.29 is 13.9 Å². The molecule has 0 aromatic carbocycles. The van der Waals surface area contributed by atoms with Crippen molar-refractivity contribution in [3.8, 4) is 0 Å². The van der Waals surface area contributed by atoms with Gasteiger partial charge in [0.25, 0.3) is 0 Å². The van der Waals surface area contributed by atoms with E-state index in [0.29, 0.717) is 0 Å². The Labute approximate surface area is 125 Å². The third kappa shape index (κ3) is 2.72. The van der Waals surface area contributed by atoms with Crippen LogP contribution in [0.25, 0.3) is 0 Å². The Morgan fingerprint density at radius 3 is 2.67 bits per heavy atom. The van der Waals surface area contributed by atoms with E-state index in [0.717, 1.165) is 44.0 Å². The van der Waals surface area contributed by atoms with E-state index in [1.165, 1.54) is 0 Å². The monoisotopic (exact) mass is 292 g/mol. The molecule has 116 valence electrons. The number of nitrogens with zero attached hydrogens (tertiary/aromatic N) is 2. The zero-order valence-electron chi connectivity index (χ0n) is 13.1. The summed E-state index contributed by atoms with van der Waals surface area (Å²) in [5.41, 5.74) is -0.168. The first-order valence-corrected chi connectivity index (χ1v) is 7.67. The number of hydrogen-bond donors (Lipinski definition) is 0. The van der Waals surface area contributed by atoms with Gasteiger partial charge in [0.05, 0.1) is 18.2 Å². The number of rotatable bonds is 2. The van der Waals surface area contributed by atoms with Gasteiger partial charge in [-0.25, -0.2) is 0 Å². The normalized spacial score (nSPS) is 26.5. The first-order chi connectivity index (χ1) is 10.00. The maximum Gasteiger partial charge on any atom is 0.248 e. The molecule has 5 nitrogen and oxygen atoms in total. The molecule has 0 bridgehead atoms. The number of morpholine rings is 1. The summed E-state index contributed by atoms with van der Waals surface area (Å²) in [5, 5.41) is 0. The standard InChI is InChI=1S/C16H24N2O3/c1-12-4-5-14(21-12)10-18-8-6-16(7-9-18)13(2)17(3)15(19)11-20-16/h4-5,13H,6-11H2,1-3H3/t13-/m1/s1. The molecule has 1 amide bonds. The first-order valence-electron chi connectivity index (χ1n) is 7.67. The van der Waals surface area contributed by atoms with Crippen LogP contribution in [-0.4, -0.2) is 54.1 Å². The largest absolute Gasteiger partial charge is 0.465 e. The Bertz CT molecular complexity index is 517. The van der Waals surface area contributed by atoms with E-state index in [1.807, 2.05) is 31.0 Å². The van der Waals surface area contributed by atoms with E-state index in [4.69, 9.17) is 9.15 Å². The highest BCUT2D eigenvalue weighted by molar-refractivity contribution is 5.78. The van der Waals surface area contributed by atoms with Crippen LogP contribution >= 0.6 is 0 Å². The Hall–Kier alpha value is -1.33. The van der Waals surface area contributed by atoms with Crippen LogP contribution in [0.15, 0.2) is 16.5 Å². The molecule has 5 heteroatoms. The van der Waals surface area contributed by atoms with Crippen molar-refractivity contribution in [2.75, 3.05) is 26.7 Å². The summed E-state index contributed by atoms with van der Waals surface area (Å²) in [5.74, 6) is 2.07. The molecule has 2 aliphatic heterocycles. The van der Waals surface area contributed by atoms with E-state index in [9.17, 15) is 4.79 Å². The summed E-state index contributed by atoms with van der Waals surface area (Å²) in [7, 11) is 1.88. The molecule has 1 atom stereocenters. The van der Waals surface area contributed by atoms with Gasteiger partial charge < -0.3 is 14.1 Å². The molecule has 2 saturated heterocycles. The number of ether oxygens (including phenoxy) is 1. The average Bonchev–Trinajstić information content (AvgIpc) is 2.89. The predicted octanol–water partition coefficient (Wildman–Crippen LogP) is 1.80. The summed E-state index contributed by atoms with van der Waals surface area (Å²) in [4.78, 5) is 16.0. The molecular formula is C16H24N2O3. The summed E-state index contributed by atoms with van der Waals surface area (Å²) in [6.07, 6.45) is 1.93. The minimum absolute atomic E-state index is 0.0848. The number of piperidine rings is 1. The second-order valence-electron chi connectivity index (χ2n) is 6.32. The third-order valence-electron chi connectivity index (χ3n) is 5.10. The molecule has 3 rings (SSSR count). The van der Waals surface area contributed by atoms with Gasteiger partial charge in [0, 0.05) is 20.1 Å². The van der Waals surface area contributed by atoms with E-state index in [-0.39, 0.29) is 24.2 Å². The van der Waals surface area contributed by atoms with E-state index < -0.39 is 0 Å². The molecule has 2 aliphatic rings. The molecule has 1 spiro atoms. The van der Waals surface area contributed by atoms with Crippen molar-refractivity contribution in [3.63, 3.8) is 0 Å². The van der Waals surface area contributed by atoms with Gasteiger partial charge in [0.15, 0.2) is 0 Å². The quantitative estimate of drug-likeness (QED) is 0.834. The average molecular weight is 292 g/mol. The van der Waals surface area contributed by atoms with E-state index >= 15 is 0 Å². The van der Waals surface area contributed by atoms with Gasteiger partial charge >= 0.3 is 0 Å². The minimum Gasteiger partial charge on any atom is -0.465 e. The highest BCUT2D eigenvalue weighted by atomic mass is 16.5. The second-order valence-corrected chi connectivity index (χ2v) is 6.32. The fourth-order valence-corrected chi connectivity index (χ4v) is 3.44. The van der Waals surface area contributed by atoms with Gasteiger partial charge in [-0.2, -0.15) is 0 Å². The smallest absolute Gasteiger partial charge is 0.248 e. The number of amides is 1. The lowest BCUT2D eigenvalue weighted by Gasteiger charge is -2.50. The molecule has 0 saturated carbocycles. The zero-order valence-corrected chi connectivity index (χ0v) is 13.1. The van der Waals surface area contributed by atoms with Gasteiger partial charge in [0.1, 0.15) is 18.1 Å². The van der Waals surface area contributed by atoms with Crippen molar-refractivity contribution in [1.82, 2.24) is 9.80 Å². The van der Waals surface area contributed by atoms with Crippen LogP contribution in [0.3, 0.4) is 0 Å². The van der Waals surface area contributed by atoms with Gasteiger partial charge in [-0.1, -0.05) is 0 Å². The summed E-state index contributed by atoms with van der Waals surface area (Å²) < 4.78 is 11.6. The molecule has 1 aromatic rings. The van der Waals surface area contributed by atoms with Crippen LogP contribution in [0.1, 0.15) is 31.3 Å². The van der Waals surface area contributed by atoms with Crippen LogP contribution in [0.2, 0.25) is 0 Å². The van der Waals surface area contributed by atoms with Crippen molar-refractivity contribution in [3.05, 3.63) is 23.7 Å². The molecule has 0 N–H and O–H groups in total. The van der Waals surface area contributed by atoms with Gasteiger partial charge in [-0.3, -0.25) is 9.69 Å². The molecule has 1 aromatic heterocycles. The number of hydrogen-bond acceptors (Lipinski definition) is 4. The van der Waals surface area contributed by atoms with Crippen LogP contribution in [0, 0.1) is 6.92 Å². The minimum atomic E-state index is -0.168. The lowest BCUT2D eigenvalue weighted by atomic mass is 9.83. The Kier molecular flexibility index (Phi) is 3.80. The Morgan fingerprint density at radius 2 is 2.05 bits per heavy atom. The Morgan fingerprint density at radius 1 is 1.33 bits per heavy atom. The lowest BCUT2D eigenvalue weighted by molar-refractivity contribution is -0.183. The van der Waals surface area contributed by atoms with Crippen molar-refractivity contribution in [1.29, 1.82) is 0 Å². The fourth-order valence-electron chi connectivity index (χ4n) is 3.44. The van der Waals surface area contributed by atoms with Crippen LogP contribution in [-0.2, 0) is 16.1 Å². The zero-order chi connectivity index (χ0) is 15.0. The van der Waals surface area contributed by atoms with Crippen LogP contribution in [0.4, 0.5) is 0 Å². The van der Waals surface area contributed by atoms with Crippen molar-refractivity contribution >= 4 is 5.91 Å². The second kappa shape index (κ2) is 5.46. The van der Waals surface area contributed by atoms with E-state index in [2.05, 4.69) is 11.8 Å². The number of aryl methyl sites for hydroxylation is 1. The highest BCUT2D eigenvalue weighted by Gasteiger charge is 2.46. The molecule has 21 heavy (non-hydrogen) atoms. The van der Waals surface area contributed by atoms with Gasteiger partial charge in [-0.15, -0.1) is 0 Å². The topological polar surface area (TPSA) is 45.9 Å². The first kappa shape index (κ1) is 14.6. The number of likely N-dealkylation sites (tertiary alicyclic amines) is 1. The fraction of sp³-hybridized carbons (Fsp3) is 0.688. The van der Waals surface area contributed by atoms with Crippen LogP contribution < -0.4 is 0 Å². The maximum absolute atomic E-state index is 11.7. The lowest BCUT2D eigenvalue weighted by Crippen LogP contribution is -2.62. The van der Waals surface area contributed by atoms with Crippen molar-refractivity contribution in [2.45, 2.75) is 44.9 Å². The molecule has 0 radical (unpaired) electrons. The highest BCUT2D eigenvalue weighted by Crippen LogP contribution is 2.35. The van der Waals surface area contributed by atoms with Crippen molar-refractivity contribution in [2.24, 2.45) is 0 Å². The predicted molar refractivity (Wildman–Crippen MR) is 78.9 cm³/mol. The number of carbonyl (C=O) groups excluding carboxylic acids is 1. The SMILES string of the molecule is Cc1ccc(CN2CCC3(CC2)OCC(=O)N(C)[C@@H]3C)o1. The maximum atomic E-state index is 11.7. The van der Waals surface area contributed by atoms with Gasteiger partial charge in [0.2, 0.25) is 5.91 Å². The van der Waals surface area contributed by atoms with E-state index in [1.54, 1.807) is 0 Å². The number of furan rings is 1. The molecule has 0 unspecified atom stereocenters. The molecule has 2 fully saturated rings. The Balaban J connectivity index is 1.60. The number of carbonyl (C=O) groups is 1. The molecular weight excluding hydrogens is 268 g/mol. The van der Waals surface area contributed by atoms with Gasteiger partial charge in [-0.05, 0) is 38.8 Å². The number of likely N-dealkylation sites (N-methyl/N-ethyl adjacent to an activating group) is 1. The summed E-state index contributed by atoms with van der Waals surface area (Å²) >= 11 is 0. The van der Waals surface area contributed by atoms with Crippen LogP contribution in [0.5, 0.6) is 0 Å². The molecule has 3 heterocycles. The summed E-state index contributed by atoms with van der Waals surface area (Å²) in [6, 6.07) is 4.20. The molecule has 0 aliphatic carbocycles. The summed E-state index contributed by atoms with van der Waals surface area (Å²) in [6.45, 7) is 7.10.